The molecule has 2 unspecified atom stereocenters. The fourth-order valence-corrected chi connectivity index (χ4v) is 4.89. The molecular formula is C22H23ClF3N7O2. The number of fused-ring (bicyclic) bond motifs is 1. The third-order valence-corrected chi connectivity index (χ3v) is 6.80. The molecule has 186 valence electrons. The largest absolute Gasteiger partial charge is 0.416 e. The molecule has 2 aromatic heterocycles. The summed E-state index contributed by atoms with van der Waals surface area (Å²) in [6.45, 7) is 4.97. The lowest BCUT2D eigenvalue weighted by Crippen LogP contribution is -2.41. The van der Waals surface area contributed by atoms with Crippen molar-refractivity contribution in [2.24, 2.45) is 0 Å². The van der Waals surface area contributed by atoms with E-state index in [1.807, 2.05) is 11.8 Å². The first-order chi connectivity index (χ1) is 16.7. The van der Waals surface area contributed by atoms with Crippen molar-refractivity contribution in [3.63, 3.8) is 0 Å². The summed E-state index contributed by atoms with van der Waals surface area (Å²) in [7, 11) is 0. The van der Waals surface area contributed by atoms with E-state index >= 15 is 0 Å². The van der Waals surface area contributed by atoms with Gasteiger partial charge in [-0.05, 0) is 25.5 Å². The van der Waals surface area contributed by atoms with Gasteiger partial charge in [-0.1, -0.05) is 35.0 Å². The zero-order chi connectivity index (χ0) is 24.9. The molecule has 2 aliphatic rings. The van der Waals surface area contributed by atoms with Gasteiger partial charge in [0.15, 0.2) is 0 Å². The van der Waals surface area contributed by atoms with E-state index in [0.29, 0.717) is 31.0 Å². The SMILES string of the molecule is CC(c1ccccc1C(F)(F)F)n1nnc2c1C[C@@H](C)N(c1cnn(C3NCCO3)c(=O)c1Cl)C2. The van der Waals surface area contributed by atoms with E-state index in [1.54, 1.807) is 17.7 Å². The molecule has 2 aliphatic heterocycles. The Morgan fingerprint density at radius 1 is 1.29 bits per heavy atom. The Morgan fingerprint density at radius 3 is 2.77 bits per heavy atom. The van der Waals surface area contributed by atoms with Crippen molar-refractivity contribution in [3.05, 3.63) is 68.4 Å². The standard InChI is InChI=1S/C22H23ClF3N7O2/c1-12-9-17-16(29-30-32(17)13(2)14-5-3-4-6-15(14)22(24,25)26)11-31(12)18-10-28-33(20(34)19(18)23)21-27-7-8-35-21/h3-6,10,12-13,21,27H,7-9,11H2,1-2H3/t12-,13?,21?/m1/s1. The average Bonchev–Trinajstić information content (AvgIpc) is 3.50. The zero-order valence-corrected chi connectivity index (χ0v) is 19.7. The van der Waals surface area contributed by atoms with Crippen molar-refractivity contribution < 1.29 is 17.9 Å². The summed E-state index contributed by atoms with van der Waals surface area (Å²) in [5, 5.41) is 15.7. The maximum absolute atomic E-state index is 13.6. The van der Waals surface area contributed by atoms with Gasteiger partial charge in [0.1, 0.15) is 10.7 Å². The summed E-state index contributed by atoms with van der Waals surface area (Å²) in [6.07, 6.45) is -3.17. The third kappa shape index (κ3) is 4.19. The molecule has 0 spiro atoms. The fourth-order valence-electron chi connectivity index (χ4n) is 4.64. The molecule has 4 heterocycles. The Labute approximate surface area is 203 Å². The second-order valence-electron chi connectivity index (χ2n) is 8.64. The predicted octanol–water partition coefficient (Wildman–Crippen LogP) is 3.14. The molecule has 1 saturated heterocycles. The minimum Gasteiger partial charge on any atom is -0.360 e. The van der Waals surface area contributed by atoms with Crippen LogP contribution in [-0.2, 0) is 23.9 Å². The van der Waals surface area contributed by atoms with Crippen LogP contribution in [0.1, 0.15) is 48.8 Å². The van der Waals surface area contributed by atoms with E-state index in [2.05, 4.69) is 20.7 Å². The van der Waals surface area contributed by atoms with Gasteiger partial charge in [-0.2, -0.15) is 23.0 Å². The van der Waals surface area contributed by atoms with Crippen LogP contribution in [0, 0.1) is 0 Å². The van der Waals surface area contributed by atoms with Crippen LogP contribution in [0.25, 0.3) is 0 Å². The summed E-state index contributed by atoms with van der Waals surface area (Å²) in [6, 6.07) is 4.68. The van der Waals surface area contributed by atoms with Gasteiger partial charge in [-0.15, -0.1) is 5.10 Å². The van der Waals surface area contributed by atoms with Crippen LogP contribution in [0.5, 0.6) is 0 Å². The van der Waals surface area contributed by atoms with E-state index in [4.69, 9.17) is 16.3 Å². The predicted molar refractivity (Wildman–Crippen MR) is 121 cm³/mol. The second kappa shape index (κ2) is 8.92. The van der Waals surface area contributed by atoms with Crippen LogP contribution in [0.2, 0.25) is 5.02 Å². The van der Waals surface area contributed by atoms with Crippen molar-refractivity contribution >= 4 is 17.3 Å². The van der Waals surface area contributed by atoms with Crippen LogP contribution in [-0.4, -0.2) is 44.0 Å². The number of hydrogen-bond donors (Lipinski definition) is 1. The van der Waals surface area contributed by atoms with Gasteiger partial charge in [-0.25, -0.2) is 4.68 Å². The first-order valence-electron chi connectivity index (χ1n) is 11.1. The molecule has 5 rings (SSSR count). The maximum atomic E-state index is 13.6. The van der Waals surface area contributed by atoms with E-state index < -0.39 is 29.7 Å². The molecule has 0 aliphatic carbocycles. The highest BCUT2D eigenvalue weighted by Crippen LogP contribution is 2.37. The molecule has 0 saturated carbocycles. The smallest absolute Gasteiger partial charge is 0.360 e. The first kappa shape index (κ1) is 23.8. The molecule has 0 radical (unpaired) electrons. The zero-order valence-electron chi connectivity index (χ0n) is 19.0. The van der Waals surface area contributed by atoms with Gasteiger partial charge < -0.3 is 9.64 Å². The molecule has 3 atom stereocenters. The molecule has 1 aromatic carbocycles. The van der Waals surface area contributed by atoms with Crippen LogP contribution < -0.4 is 15.8 Å². The summed E-state index contributed by atoms with van der Waals surface area (Å²) in [4.78, 5) is 14.7. The summed E-state index contributed by atoms with van der Waals surface area (Å²) in [5.41, 5.74) is 0.763. The Hall–Kier alpha value is -2.96. The molecule has 9 nitrogen and oxygen atoms in total. The highest BCUT2D eigenvalue weighted by molar-refractivity contribution is 6.33. The van der Waals surface area contributed by atoms with Crippen molar-refractivity contribution in [1.82, 2.24) is 30.1 Å². The highest BCUT2D eigenvalue weighted by Gasteiger charge is 2.36. The first-order valence-corrected chi connectivity index (χ1v) is 11.5. The molecule has 1 fully saturated rings. The lowest BCUT2D eigenvalue weighted by atomic mass is 9.99. The quantitative estimate of drug-likeness (QED) is 0.578. The Kier molecular flexibility index (Phi) is 6.06. The number of halogens is 4. The number of aromatic nitrogens is 5. The Bertz CT molecular complexity index is 1300. The van der Waals surface area contributed by atoms with Crippen LogP contribution in [0.4, 0.5) is 18.9 Å². The minimum atomic E-state index is -4.47. The number of hydrogen-bond acceptors (Lipinski definition) is 7. The number of nitrogens with zero attached hydrogens (tertiary/aromatic N) is 6. The number of nitrogens with one attached hydrogen (secondary N) is 1. The lowest BCUT2D eigenvalue weighted by molar-refractivity contribution is -0.138. The van der Waals surface area contributed by atoms with Crippen LogP contribution in [0.3, 0.4) is 0 Å². The van der Waals surface area contributed by atoms with Crippen molar-refractivity contribution in [2.45, 2.75) is 51.4 Å². The monoisotopic (exact) mass is 509 g/mol. The summed E-state index contributed by atoms with van der Waals surface area (Å²) < 4.78 is 48.9. The van der Waals surface area contributed by atoms with Crippen molar-refractivity contribution in [2.75, 3.05) is 18.1 Å². The Balaban J connectivity index is 1.45. The summed E-state index contributed by atoms with van der Waals surface area (Å²) in [5.74, 6) is 0. The fraction of sp³-hybridized carbons (Fsp3) is 0.455. The van der Waals surface area contributed by atoms with E-state index in [0.717, 1.165) is 16.4 Å². The van der Waals surface area contributed by atoms with Crippen LogP contribution >= 0.6 is 11.6 Å². The van der Waals surface area contributed by atoms with Gasteiger partial charge in [0.05, 0.1) is 42.3 Å². The molecule has 0 bridgehead atoms. The second-order valence-corrected chi connectivity index (χ2v) is 9.02. The molecule has 13 heteroatoms. The van der Waals surface area contributed by atoms with Crippen molar-refractivity contribution in [3.8, 4) is 0 Å². The molecule has 1 N–H and O–H groups in total. The van der Waals surface area contributed by atoms with E-state index in [9.17, 15) is 18.0 Å². The van der Waals surface area contributed by atoms with E-state index in [-0.39, 0.29) is 23.2 Å². The third-order valence-electron chi connectivity index (χ3n) is 6.45. The number of alkyl halides is 3. The van der Waals surface area contributed by atoms with Crippen LogP contribution in [0.15, 0.2) is 35.3 Å². The molecule has 3 aromatic rings. The lowest BCUT2D eigenvalue weighted by Gasteiger charge is -2.35. The van der Waals surface area contributed by atoms with Gasteiger partial charge in [-0.3, -0.25) is 10.1 Å². The average molecular weight is 510 g/mol. The van der Waals surface area contributed by atoms with Gasteiger partial charge in [0.25, 0.3) is 5.56 Å². The number of anilines is 1. The normalized spacial score (nSPS) is 21.3. The van der Waals surface area contributed by atoms with Gasteiger partial charge in [0, 0.05) is 19.0 Å². The van der Waals surface area contributed by atoms with E-state index in [1.165, 1.54) is 18.3 Å². The number of ether oxygens (including phenoxy) is 1. The number of benzene rings is 1. The Morgan fingerprint density at radius 2 is 2.06 bits per heavy atom. The van der Waals surface area contributed by atoms with Gasteiger partial charge in [0.2, 0.25) is 6.35 Å². The number of rotatable bonds is 4. The molecule has 35 heavy (non-hydrogen) atoms. The van der Waals surface area contributed by atoms with Crippen molar-refractivity contribution in [1.29, 1.82) is 0 Å². The maximum Gasteiger partial charge on any atom is 0.416 e. The minimum absolute atomic E-state index is 0.00691. The molecule has 0 amide bonds. The highest BCUT2D eigenvalue weighted by atomic mass is 35.5. The molecular weight excluding hydrogens is 487 g/mol. The topological polar surface area (TPSA) is 90.1 Å². The van der Waals surface area contributed by atoms with Gasteiger partial charge >= 0.3 is 6.18 Å². The summed E-state index contributed by atoms with van der Waals surface area (Å²) >= 11 is 6.45.